The van der Waals surface area contributed by atoms with Crippen LogP contribution < -0.4 is 15.4 Å². The molecule has 8 heteroatoms. The van der Waals surface area contributed by atoms with Crippen LogP contribution in [0.2, 0.25) is 5.02 Å². The predicted octanol–water partition coefficient (Wildman–Crippen LogP) is 2.03. The van der Waals surface area contributed by atoms with E-state index in [2.05, 4.69) is 15.4 Å². The molecule has 2 unspecified atom stereocenters. The number of halogens is 4. The summed E-state index contributed by atoms with van der Waals surface area (Å²) in [5.41, 5.74) is 0.872. The zero-order valence-corrected chi connectivity index (χ0v) is 12.8. The van der Waals surface area contributed by atoms with Crippen LogP contribution in [-0.2, 0) is 6.54 Å². The highest BCUT2D eigenvalue weighted by Gasteiger charge is 2.24. The van der Waals surface area contributed by atoms with E-state index in [-0.39, 0.29) is 35.2 Å². The summed E-state index contributed by atoms with van der Waals surface area (Å²) in [6, 6.07) is 4.70. The van der Waals surface area contributed by atoms with E-state index in [1.807, 2.05) is 0 Å². The highest BCUT2D eigenvalue weighted by atomic mass is 35.5. The van der Waals surface area contributed by atoms with Gasteiger partial charge >= 0.3 is 6.61 Å². The molecule has 120 valence electrons. The fourth-order valence-electron chi connectivity index (χ4n) is 2.18. The van der Waals surface area contributed by atoms with Crippen LogP contribution in [0.4, 0.5) is 8.78 Å². The maximum Gasteiger partial charge on any atom is 0.387 e. The fraction of sp³-hybridized carbons (Fsp3) is 0.538. The van der Waals surface area contributed by atoms with Crippen molar-refractivity contribution in [3.63, 3.8) is 0 Å². The number of rotatable bonds is 6. The number of β-amino-alcohol motifs (C(OH)–C–C–N with tert-alkyl or cyclic N) is 1. The predicted molar refractivity (Wildman–Crippen MR) is 79.4 cm³/mol. The quantitative estimate of drug-likeness (QED) is 0.740. The van der Waals surface area contributed by atoms with E-state index in [9.17, 15) is 13.9 Å². The molecule has 21 heavy (non-hydrogen) atoms. The van der Waals surface area contributed by atoms with Crippen molar-refractivity contribution >= 4 is 24.0 Å². The van der Waals surface area contributed by atoms with Gasteiger partial charge in [-0.25, -0.2) is 0 Å². The lowest BCUT2D eigenvalue weighted by atomic mass is 10.1. The Balaban J connectivity index is 0.00000220. The van der Waals surface area contributed by atoms with Gasteiger partial charge in [-0.15, -0.1) is 12.4 Å². The number of aliphatic hydroxyl groups is 1. The van der Waals surface area contributed by atoms with Crippen molar-refractivity contribution in [2.75, 3.05) is 19.6 Å². The van der Waals surface area contributed by atoms with Crippen molar-refractivity contribution in [1.29, 1.82) is 0 Å². The molecule has 0 spiro atoms. The first-order valence-electron chi connectivity index (χ1n) is 6.39. The van der Waals surface area contributed by atoms with E-state index in [1.165, 1.54) is 6.07 Å². The molecule has 4 nitrogen and oxygen atoms in total. The van der Waals surface area contributed by atoms with Crippen molar-refractivity contribution in [2.24, 2.45) is 5.92 Å². The third-order valence-electron chi connectivity index (χ3n) is 3.25. The van der Waals surface area contributed by atoms with Gasteiger partial charge in [0.15, 0.2) is 0 Å². The first-order valence-corrected chi connectivity index (χ1v) is 6.77. The van der Waals surface area contributed by atoms with E-state index >= 15 is 0 Å². The van der Waals surface area contributed by atoms with Gasteiger partial charge in [-0.2, -0.15) is 8.78 Å². The fourth-order valence-corrected chi connectivity index (χ4v) is 2.42. The van der Waals surface area contributed by atoms with E-state index in [4.69, 9.17) is 11.6 Å². The number of nitrogens with one attached hydrogen (secondary N) is 2. The minimum Gasteiger partial charge on any atom is -0.433 e. The first kappa shape index (κ1) is 18.4. The van der Waals surface area contributed by atoms with E-state index < -0.39 is 6.61 Å². The molecule has 0 saturated carbocycles. The molecule has 1 aromatic rings. The smallest absolute Gasteiger partial charge is 0.387 e. The molecule has 1 aliphatic rings. The Hall–Kier alpha value is -0.660. The molecule has 2 atom stereocenters. The maximum atomic E-state index is 12.1. The number of benzene rings is 1. The monoisotopic (exact) mass is 342 g/mol. The summed E-state index contributed by atoms with van der Waals surface area (Å²) in [7, 11) is 0. The average Bonchev–Trinajstić information content (AvgIpc) is 2.78. The van der Waals surface area contributed by atoms with Crippen LogP contribution in [0.15, 0.2) is 18.2 Å². The number of hydrogen-bond donors (Lipinski definition) is 3. The molecule has 0 aliphatic carbocycles. The van der Waals surface area contributed by atoms with Crippen LogP contribution in [0.5, 0.6) is 5.75 Å². The summed E-state index contributed by atoms with van der Waals surface area (Å²) in [5.74, 6) is 0.160. The van der Waals surface area contributed by atoms with Gasteiger partial charge in [0.05, 0.1) is 11.1 Å². The van der Waals surface area contributed by atoms with Gasteiger partial charge < -0.3 is 20.5 Å². The van der Waals surface area contributed by atoms with Crippen LogP contribution in [0, 0.1) is 5.92 Å². The normalized spacial score (nSPS) is 21.4. The Morgan fingerprint density at radius 1 is 1.43 bits per heavy atom. The molecule has 0 aromatic heterocycles. The number of hydrogen-bond acceptors (Lipinski definition) is 4. The van der Waals surface area contributed by atoms with Crippen LogP contribution in [0.25, 0.3) is 0 Å². The second-order valence-corrected chi connectivity index (χ2v) is 5.17. The standard InChI is InChI=1S/C13H17ClF2N2O2.ClH/c14-10-3-8(1-2-12(10)20-13(15)16)4-17-5-9-6-18-7-11(9)19;/h1-3,9,11,13,17-19H,4-7H2;1H. The Bertz CT molecular complexity index is 452. The van der Waals surface area contributed by atoms with E-state index in [0.29, 0.717) is 19.6 Å². The van der Waals surface area contributed by atoms with Gasteiger partial charge in [-0.3, -0.25) is 0 Å². The number of alkyl halides is 2. The highest BCUT2D eigenvalue weighted by Crippen LogP contribution is 2.26. The van der Waals surface area contributed by atoms with E-state index in [1.54, 1.807) is 12.1 Å². The molecule has 0 bridgehead atoms. The summed E-state index contributed by atoms with van der Waals surface area (Å²) in [6.07, 6.45) is -0.326. The SMILES string of the molecule is Cl.OC1CNCC1CNCc1ccc(OC(F)F)c(Cl)c1. The Morgan fingerprint density at radius 3 is 2.76 bits per heavy atom. The molecule has 1 saturated heterocycles. The summed E-state index contributed by atoms with van der Waals surface area (Å²) in [6.45, 7) is -0.236. The van der Waals surface area contributed by atoms with Crippen LogP contribution in [0.1, 0.15) is 5.56 Å². The molecule has 2 rings (SSSR count). The highest BCUT2D eigenvalue weighted by molar-refractivity contribution is 6.32. The third kappa shape index (κ3) is 5.56. The van der Waals surface area contributed by atoms with Gasteiger partial charge in [0.2, 0.25) is 0 Å². The van der Waals surface area contributed by atoms with Crippen LogP contribution >= 0.6 is 24.0 Å². The summed E-state index contributed by atoms with van der Waals surface area (Å²) in [5, 5.41) is 16.1. The van der Waals surface area contributed by atoms with Gasteiger partial charge in [-0.05, 0) is 17.7 Å². The molecule has 1 aliphatic heterocycles. The first-order chi connectivity index (χ1) is 9.56. The van der Waals surface area contributed by atoms with E-state index in [0.717, 1.165) is 12.1 Å². The van der Waals surface area contributed by atoms with Gasteiger partial charge in [0.25, 0.3) is 0 Å². The minimum absolute atomic E-state index is 0. The Kier molecular flexibility index (Phi) is 7.62. The second-order valence-electron chi connectivity index (χ2n) is 4.76. The van der Waals surface area contributed by atoms with Gasteiger partial charge in [0.1, 0.15) is 5.75 Å². The van der Waals surface area contributed by atoms with Crippen molar-refractivity contribution in [3.8, 4) is 5.75 Å². The van der Waals surface area contributed by atoms with Crippen LogP contribution in [0.3, 0.4) is 0 Å². The molecule has 0 radical (unpaired) electrons. The molecule has 1 fully saturated rings. The Morgan fingerprint density at radius 2 is 2.19 bits per heavy atom. The van der Waals surface area contributed by atoms with Crippen molar-refractivity contribution in [2.45, 2.75) is 19.3 Å². The maximum absolute atomic E-state index is 12.1. The molecule has 1 heterocycles. The summed E-state index contributed by atoms with van der Waals surface area (Å²) < 4.78 is 28.5. The Labute approximate surface area is 133 Å². The number of aliphatic hydroxyl groups excluding tert-OH is 1. The van der Waals surface area contributed by atoms with Crippen molar-refractivity contribution in [1.82, 2.24) is 10.6 Å². The third-order valence-corrected chi connectivity index (χ3v) is 3.55. The lowest BCUT2D eigenvalue weighted by molar-refractivity contribution is -0.0497. The summed E-state index contributed by atoms with van der Waals surface area (Å²) >= 11 is 5.87. The molecule has 1 aromatic carbocycles. The number of ether oxygens (including phenoxy) is 1. The molecular weight excluding hydrogens is 325 g/mol. The largest absolute Gasteiger partial charge is 0.433 e. The average molecular weight is 343 g/mol. The van der Waals surface area contributed by atoms with Crippen molar-refractivity contribution < 1.29 is 18.6 Å². The zero-order chi connectivity index (χ0) is 14.5. The molecular formula is C13H18Cl2F2N2O2. The van der Waals surface area contributed by atoms with Gasteiger partial charge in [0, 0.05) is 32.1 Å². The molecule has 3 N–H and O–H groups in total. The lowest BCUT2D eigenvalue weighted by Gasteiger charge is -2.14. The lowest BCUT2D eigenvalue weighted by Crippen LogP contribution is -2.30. The topological polar surface area (TPSA) is 53.5 Å². The molecule has 0 amide bonds. The zero-order valence-electron chi connectivity index (χ0n) is 11.2. The minimum atomic E-state index is -2.88. The van der Waals surface area contributed by atoms with Crippen LogP contribution in [-0.4, -0.2) is 37.5 Å². The second kappa shape index (κ2) is 8.70. The summed E-state index contributed by atoms with van der Waals surface area (Å²) in [4.78, 5) is 0. The van der Waals surface area contributed by atoms with Gasteiger partial charge in [-0.1, -0.05) is 17.7 Å². The van der Waals surface area contributed by atoms with Crippen molar-refractivity contribution in [3.05, 3.63) is 28.8 Å².